The third-order valence-electron chi connectivity index (χ3n) is 3.30. The molecule has 7 heteroatoms. The largest absolute Gasteiger partial charge is 0.447 e. The summed E-state index contributed by atoms with van der Waals surface area (Å²) in [6.45, 7) is 4.05. The fourth-order valence-corrected chi connectivity index (χ4v) is 2.74. The molecule has 6 nitrogen and oxygen atoms in total. The molecule has 1 aliphatic rings. The van der Waals surface area contributed by atoms with Gasteiger partial charge in [0.1, 0.15) is 5.76 Å². The maximum absolute atomic E-state index is 11.5. The molecule has 2 N–H and O–H groups in total. The topological polar surface area (TPSA) is 80.6 Å². The number of hydrogen-bond donors (Lipinski definition) is 2. The van der Waals surface area contributed by atoms with Gasteiger partial charge in [-0.1, -0.05) is 0 Å². The van der Waals surface area contributed by atoms with E-state index in [4.69, 9.17) is 9.15 Å². The summed E-state index contributed by atoms with van der Waals surface area (Å²) in [5, 5.41) is 3.30. The lowest BCUT2D eigenvalue weighted by Gasteiger charge is -2.34. The Kier molecular flexibility index (Phi) is 4.29. The van der Waals surface area contributed by atoms with Gasteiger partial charge >= 0.3 is 0 Å². The van der Waals surface area contributed by atoms with Crippen LogP contribution in [0, 0.1) is 0 Å². The summed E-state index contributed by atoms with van der Waals surface area (Å²) < 4.78 is 36.1. The van der Waals surface area contributed by atoms with Crippen molar-refractivity contribution in [2.24, 2.45) is 0 Å². The molecule has 0 bridgehead atoms. The van der Waals surface area contributed by atoms with Crippen LogP contribution in [0.5, 0.6) is 0 Å². The van der Waals surface area contributed by atoms with E-state index in [1.54, 1.807) is 6.07 Å². The lowest BCUT2D eigenvalue weighted by molar-refractivity contribution is 0.0269. The molecule has 1 aromatic rings. The molecule has 0 aromatic carbocycles. The van der Waals surface area contributed by atoms with Crippen molar-refractivity contribution in [1.82, 2.24) is 10.0 Å². The highest BCUT2D eigenvalue weighted by molar-refractivity contribution is 7.89. The highest BCUT2D eigenvalue weighted by Crippen LogP contribution is 2.20. The predicted molar refractivity (Wildman–Crippen MR) is 70.3 cm³/mol. The molecule has 1 atom stereocenters. The highest BCUT2D eigenvalue weighted by Gasteiger charge is 2.27. The Morgan fingerprint density at radius 2 is 2.21 bits per heavy atom. The zero-order valence-corrected chi connectivity index (χ0v) is 12.0. The van der Waals surface area contributed by atoms with Crippen LogP contribution >= 0.6 is 0 Å². The molecular formula is C12H20N2O4S. The van der Waals surface area contributed by atoms with Crippen molar-refractivity contribution in [2.75, 3.05) is 20.3 Å². The molecule has 1 aromatic heterocycles. The van der Waals surface area contributed by atoms with Crippen LogP contribution in [0.4, 0.5) is 0 Å². The number of furan rings is 1. The third-order valence-corrected chi connectivity index (χ3v) is 4.58. The number of sulfonamides is 1. The molecule has 2 heterocycles. The fraction of sp³-hybridized carbons (Fsp3) is 0.667. The minimum atomic E-state index is -3.50. The molecule has 19 heavy (non-hydrogen) atoms. The lowest BCUT2D eigenvalue weighted by Crippen LogP contribution is -2.48. The van der Waals surface area contributed by atoms with Crippen LogP contribution in [0.25, 0.3) is 0 Å². The molecular weight excluding hydrogens is 268 g/mol. The van der Waals surface area contributed by atoms with Crippen molar-refractivity contribution in [3.63, 3.8) is 0 Å². The Hall–Kier alpha value is -0.890. The van der Waals surface area contributed by atoms with Gasteiger partial charge in [-0.25, -0.2) is 13.1 Å². The molecule has 0 saturated carbocycles. The first-order valence-corrected chi connectivity index (χ1v) is 7.79. The van der Waals surface area contributed by atoms with Crippen molar-refractivity contribution in [2.45, 2.75) is 36.9 Å². The molecule has 0 amide bonds. The van der Waals surface area contributed by atoms with Crippen LogP contribution in [-0.2, 0) is 21.3 Å². The zero-order valence-electron chi connectivity index (χ0n) is 11.2. The minimum Gasteiger partial charge on any atom is -0.447 e. The number of hydrogen-bond acceptors (Lipinski definition) is 5. The Morgan fingerprint density at radius 1 is 1.42 bits per heavy atom. The summed E-state index contributed by atoms with van der Waals surface area (Å²) in [4.78, 5) is 0. The molecule has 1 aliphatic heterocycles. The molecule has 0 spiro atoms. The van der Waals surface area contributed by atoms with Crippen LogP contribution < -0.4 is 10.0 Å². The normalized spacial score (nSPS) is 24.5. The summed E-state index contributed by atoms with van der Waals surface area (Å²) in [6, 6.07) is 3.13. The summed E-state index contributed by atoms with van der Waals surface area (Å²) in [5.74, 6) is 0.598. The van der Waals surface area contributed by atoms with Gasteiger partial charge in [-0.3, -0.25) is 0 Å². The number of rotatable bonds is 5. The van der Waals surface area contributed by atoms with E-state index in [0.717, 1.165) is 19.4 Å². The van der Waals surface area contributed by atoms with E-state index in [1.807, 2.05) is 0 Å². The van der Waals surface area contributed by atoms with E-state index < -0.39 is 10.0 Å². The van der Waals surface area contributed by atoms with Gasteiger partial charge in [0, 0.05) is 12.1 Å². The first kappa shape index (κ1) is 14.5. The third kappa shape index (κ3) is 3.56. The monoisotopic (exact) mass is 288 g/mol. The second-order valence-electron chi connectivity index (χ2n) is 5.00. The van der Waals surface area contributed by atoms with Gasteiger partial charge in [-0.05, 0) is 38.9 Å². The SMILES string of the molecule is CNS(=O)(=O)c1ccc(CNC2(C)CCCOC2)o1. The van der Waals surface area contributed by atoms with E-state index in [9.17, 15) is 8.42 Å². The second kappa shape index (κ2) is 5.62. The fourth-order valence-electron chi connectivity index (χ4n) is 2.07. The first-order valence-electron chi connectivity index (χ1n) is 6.30. The standard InChI is InChI=1S/C12H20N2O4S/c1-12(6-3-7-17-9-12)14-8-10-4-5-11(18-10)19(15,16)13-2/h4-5,13-14H,3,6-9H2,1-2H3. The van der Waals surface area contributed by atoms with Gasteiger partial charge in [0.2, 0.25) is 5.09 Å². The average molecular weight is 288 g/mol. The van der Waals surface area contributed by atoms with Crippen LogP contribution in [0.3, 0.4) is 0 Å². The van der Waals surface area contributed by atoms with Crippen LogP contribution in [0.2, 0.25) is 0 Å². The van der Waals surface area contributed by atoms with Gasteiger partial charge in [-0.15, -0.1) is 0 Å². The molecule has 1 fully saturated rings. The Balaban J connectivity index is 1.97. The van der Waals surface area contributed by atoms with E-state index in [2.05, 4.69) is 17.0 Å². The van der Waals surface area contributed by atoms with Crippen molar-refractivity contribution >= 4 is 10.0 Å². The maximum Gasteiger partial charge on any atom is 0.273 e. The van der Waals surface area contributed by atoms with Crippen molar-refractivity contribution in [3.8, 4) is 0 Å². The summed E-state index contributed by atoms with van der Waals surface area (Å²) >= 11 is 0. The molecule has 108 valence electrons. The quantitative estimate of drug-likeness (QED) is 0.839. The van der Waals surface area contributed by atoms with Gasteiger partial charge < -0.3 is 14.5 Å². The Morgan fingerprint density at radius 3 is 2.84 bits per heavy atom. The molecule has 0 aliphatic carbocycles. The summed E-state index contributed by atoms with van der Waals surface area (Å²) in [7, 11) is -2.15. The van der Waals surface area contributed by atoms with E-state index in [-0.39, 0.29) is 10.6 Å². The molecule has 1 unspecified atom stereocenters. The highest BCUT2D eigenvalue weighted by atomic mass is 32.2. The summed E-state index contributed by atoms with van der Waals surface area (Å²) in [5.41, 5.74) is -0.0763. The second-order valence-corrected chi connectivity index (χ2v) is 6.82. The Labute approximate surface area is 113 Å². The number of ether oxygens (including phenoxy) is 1. The van der Waals surface area contributed by atoms with Gasteiger partial charge in [0.25, 0.3) is 10.0 Å². The van der Waals surface area contributed by atoms with E-state index >= 15 is 0 Å². The van der Waals surface area contributed by atoms with Gasteiger partial charge in [0.15, 0.2) is 0 Å². The van der Waals surface area contributed by atoms with Gasteiger partial charge in [-0.2, -0.15) is 0 Å². The summed E-state index contributed by atoms with van der Waals surface area (Å²) in [6.07, 6.45) is 2.07. The van der Waals surface area contributed by atoms with Crippen molar-refractivity contribution in [3.05, 3.63) is 17.9 Å². The van der Waals surface area contributed by atoms with Crippen LogP contribution in [0.1, 0.15) is 25.5 Å². The van der Waals surface area contributed by atoms with E-state index in [0.29, 0.717) is 18.9 Å². The van der Waals surface area contributed by atoms with Crippen molar-refractivity contribution < 1.29 is 17.6 Å². The van der Waals surface area contributed by atoms with Gasteiger partial charge in [0.05, 0.1) is 13.2 Å². The van der Waals surface area contributed by atoms with Crippen molar-refractivity contribution in [1.29, 1.82) is 0 Å². The predicted octanol–water partition coefficient (Wildman–Crippen LogP) is 0.846. The smallest absolute Gasteiger partial charge is 0.273 e. The average Bonchev–Trinajstić information content (AvgIpc) is 2.87. The van der Waals surface area contributed by atoms with Crippen LogP contribution in [0.15, 0.2) is 21.6 Å². The lowest BCUT2D eigenvalue weighted by atomic mass is 9.95. The first-order chi connectivity index (χ1) is 8.95. The molecule has 2 rings (SSSR count). The molecule has 1 saturated heterocycles. The van der Waals surface area contributed by atoms with Crippen LogP contribution in [-0.4, -0.2) is 34.2 Å². The zero-order chi connectivity index (χ0) is 13.9. The number of nitrogens with one attached hydrogen (secondary N) is 2. The van der Waals surface area contributed by atoms with E-state index in [1.165, 1.54) is 13.1 Å². The Bertz CT molecular complexity index is 518. The minimum absolute atomic E-state index is 0.0585. The maximum atomic E-state index is 11.5. The molecule has 0 radical (unpaired) electrons.